The number of rotatable bonds is 7. The number of morpholine rings is 1. The van der Waals surface area contributed by atoms with E-state index in [9.17, 15) is 4.79 Å². The maximum atomic E-state index is 12.0. The van der Waals surface area contributed by atoms with Gasteiger partial charge in [0.15, 0.2) is 11.5 Å². The predicted octanol–water partition coefficient (Wildman–Crippen LogP) is 1.56. The van der Waals surface area contributed by atoms with Crippen molar-refractivity contribution in [3.63, 3.8) is 0 Å². The van der Waals surface area contributed by atoms with Crippen LogP contribution in [-0.2, 0) is 9.53 Å². The smallest absolute Gasteiger partial charge is 0.244 e. The molecule has 3 heterocycles. The molecule has 2 aliphatic heterocycles. The number of amides is 1. The van der Waals surface area contributed by atoms with E-state index in [-0.39, 0.29) is 12.7 Å². The zero-order chi connectivity index (χ0) is 20.8. The SMILES string of the molecule is Cc1nc(OCCNC(=O)/C=C/c2ccc3c(c2)OCO3)cc(N2CCOCC2)n1. The lowest BCUT2D eigenvalue weighted by Gasteiger charge is -2.28. The molecule has 0 spiro atoms. The van der Waals surface area contributed by atoms with Crippen LogP contribution in [0.3, 0.4) is 0 Å². The van der Waals surface area contributed by atoms with E-state index in [0.717, 1.165) is 24.5 Å². The normalized spacial score (nSPS) is 15.4. The molecule has 2 aliphatic rings. The molecular weight excluding hydrogens is 388 g/mol. The lowest BCUT2D eigenvalue weighted by molar-refractivity contribution is -0.116. The number of anilines is 1. The molecule has 1 amide bonds. The van der Waals surface area contributed by atoms with Gasteiger partial charge in [-0.05, 0) is 30.7 Å². The standard InChI is InChI=1S/C21H24N4O5/c1-15-23-19(25-7-10-27-11-8-25)13-21(24-15)28-9-6-22-20(26)5-3-16-2-4-17-18(12-16)30-14-29-17/h2-5,12-13H,6-11,14H2,1H3,(H,22,26)/b5-3+. The maximum absolute atomic E-state index is 12.0. The van der Waals surface area contributed by atoms with E-state index in [1.165, 1.54) is 6.08 Å². The minimum Gasteiger partial charge on any atom is -0.476 e. The first-order valence-corrected chi connectivity index (χ1v) is 9.84. The van der Waals surface area contributed by atoms with E-state index in [0.29, 0.717) is 49.6 Å². The fraction of sp³-hybridized carbons (Fsp3) is 0.381. The van der Waals surface area contributed by atoms with Crippen LogP contribution in [0.1, 0.15) is 11.4 Å². The Labute approximate surface area is 174 Å². The van der Waals surface area contributed by atoms with Crippen LogP contribution in [0.4, 0.5) is 5.82 Å². The van der Waals surface area contributed by atoms with E-state index in [4.69, 9.17) is 18.9 Å². The summed E-state index contributed by atoms with van der Waals surface area (Å²) in [7, 11) is 0. The second-order valence-electron chi connectivity index (χ2n) is 6.80. The van der Waals surface area contributed by atoms with Crippen LogP contribution in [0.5, 0.6) is 17.4 Å². The van der Waals surface area contributed by atoms with Gasteiger partial charge < -0.3 is 29.2 Å². The molecule has 4 rings (SSSR count). The maximum Gasteiger partial charge on any atom is 0.244 e. The Morgan fingerprint density at radius 2 is 2.03 bits per heavy atom. The van der Waals surface area contributed by atoms with Crippen LogP contribution < -0.4 is 24.4 Å². The fourth-order valence-electron chi connectivity index (χ4n) is 3.13. The third-order valence-electron chi connectivity index (χ3n) is 4.61. The van der Waals surface area contributed by atoms with Crippen molar-refractivity contribution >= 4 is 17.8 Å². The van der Waals surface area contributed by atoms with Crippen LogP contribution >= 0.6 is 0 Å². The molecule has 0 bridgehead atoms. The van der Waals surface area contributed by atoms with E-state index >= 15 is 0 Å². The van der Waals surface area contributed by atoms with Gasteiger partial charge in [0.2, 0.25) is 18.6 Å². The summed E-state index contributed by atoms with van der Waals surface area (Å²) in [5.74, 6) is 3.16. The van der Waals surface area contributed by atoms with Crippen molar-refractivity contribution in [3.8, 4) is 17.4 Å². The Bertz CT molecular complexity index is 928. The Hall–Kier alpha value is -3.33. The second kappa shape index (κ2) is 9.45. The van der Waals surface area contributed by atoms with Gasteiger partial charge in [-0.2, -0.15) is 4.98 Å². The van der Waals surface area contributed by atoms with Gasteiger partial charge in [0, 0.05) is 25.2 Å². The Morgan fingerprint density at radius 3 is 2.90 bits per heavy atom. The van der Waals surface area contributed by atoms with E-state index in [2.05, 4.69) is 20.2 Å². The number of nitrogens with one attached hydrogen (secondary N) is 1. The predicted molar refractivity (Wildman–Crippen MR) is 110 cm³/mol. The van der Waals surface area contributed by atoms with Crippen LogP contribution in [-0.4, -0.2) is 62.1 Å². The first-order chi connectivity index (χ1) is 14.7. The molecule has 158 valence electrons. The average molecular weight is 412 g/mol. The zero-order valence-electron chi connectivity index (χ0n) is 16.8. The number of hydrogen-bond acceptors (Lipinski definition) is 8. The summed E-state index contributed by atoms with van der Waals surface area (Å²) in [5, 5.41) is 2.79. The molecule has 1 N–H and O–H groups in total. The molecule has 30 heavy (non-hydrogen) atoms. The van der Waals surface area contributed by atoms with Gasteiger partial charge in [-0.1, -0.05) is 6.07 Å². The molecule has 9 heteroatoms. The van der Waals surface area contributed by atoms with Crippen LogP contribution in [0.15, 0.2) is 30.3 Å². The second-order valence-corrected chi connectivity index (χ2v) is 6.80. The summed E-state index contributed by atoms with van der Waals surface area (Å²) in [6.07, 6.45) is 3.20. The van der Waals surface area contributed by atoms with Crippen LogP contribution in [0.2, 0.25) is 0 Å². The summed E-state index contributed by atoms with van der Waals surface area (Å²) < 4.78 is 21.7. The summed E-state index contributed by atoms with van der Waals surface area (Å²) in [4.78, 5) is 23.0. The largest absolute Gasteiger partial charge is 0.476 e. The Morgan fingerprint density at radius 1 is 1.20 bits per heavy atom. The quantitative estimate of drug-likeness (QED) is 0.541. The molecule has 1 aromatic carbocycles. The molecule has 1 aromatic heterocycles. The number of fused-ring (bicyclic) bond motifs is 1. The van der Waals surface area contributed by atoms with E-state index < -0.39 is 0 Å². The highest BCUT2D eigenvalue weighted by molar-refractivity contribution is 5.91. The molecular formula is C21H24N4O5. The molecule has 0 aliphatic carbocycles. The number of ether oxygens (including phenoxy) is 4. The number of benzene rings is 1. The number of aryl methyl sites for hydroxylation is 1. The van der Waals surface area contributed by atoms with Crippen LogP contribution in [0, 0.1) is 6.92 Å². The van der Waals surface area contributed by atoms with Crippen molar-refractivity contribution in [1.29, 1.82) is 0 Å². The van der Waals surface area contributed by atoms with Crippen molar-refractivity contribution in [2.45, 2.75) is 6.92 Å². The van der Waals surface area contributed by atoms with Gasteiger partial charge in [-0.25, -0.2) is 4.98 Å². The lowest BCUT2D eigenvalue weighted by Crippen LogP contribution is -2.37. The van der Waals surface area contributed by atoms with Crippen LogP contribution in [0.25, 0.3) is 6.08 Å². The van der Waals surface area contributed by atoms with Crippen molar-refractivity contribution < 1.29 is 23.7 Å². The number of aromatic nitrogens is 2. The monoisotopic (exact) mass is 412 g/mol. The lowest BCUT2D eigenvalue weighted by atomic mass is 10.2. The minimum atomic E-state index is -0.204. The highest BCUT2D eigenvalue weighted by Gasteiger charge is 2.15. The summed E-state index contributed by atoms with van der Waals surface area (Å²) in [6.45, 7) is 5.69. The fourth-order valence-corrected chi connectivity index (χ4v) is 3.13. The highest BCUT2D eigenvalue weighted by Crippen LogP contribution is 2.32. The molecule has 0 radical (unpaired) electrons. The van der Waals surface area contributed by atoms with Crippen molar-refractivity contribution in [3.05, 3.63) is 41.7 Å². The first kappa shape index (κ1) is 20.0. The topological polar surface area (TPSA) is 95.0 Å². The van der Waals surface area contributed by atoms with E-state index in [1.807, 2.05) is 31.2 Å². The third-order valence-corrected chi connectivity index (χ3v) is 4.61. The van der Waals surface area contributed by atoms with Crippen molar-refractivity contribution in [2.75, 3.05) is 51.1 Å². The van der Waals surface area contributed by atoms with Gasteiger partial charge in [-0.3, -0.25) is 4.79 Å². The summed E-state index contributed by atoms with van der Waals surface area (Å²) in [5.41, 5.74) is 0.859. The molecule has 2 aromatic rings. The molecule has 9 nitrogen and oxygen atoms in total. The summed E-state index contributed by atoms with van der Waals surface area (Å²) >= 11 is 0. The van der Waals surface area contributed by atoms with Crippen molar-refractivity contribution in [1.82, 2.24) is 15.3 Å². The Balaban J connectivity index is 1.23. The van der Waals surface area contributed by atoms with Gasteiger partial charge in [0.25, 0.3) is 0 Å². The van der Waals surface area contributed by atoms with Gasteiger partial charge in [0.05, 0.1) is 19.8 Å². The average Bonchev–Trinajstić information content (AvgIpc) is 3.23. The highest BCUT2D eigenvalue weighted by atomic mass is 16.7. The first-order valence-electron chi connectivity index (χ1n) is 9.84. The van der Waals surface area contributed by atoms with Gasteiger partial charge in [-0.15, -0.1) is 0 Å². The Kier molecular flexibility index (Phi) is 6.29. The molecule has 1 fully saturated rings. The summed E-state index contributed by atoms with van der Waals surface area (Å²) in [6, 6.07) is 7.34. The number of nitrogens with zero attached hydrogens (tertiary/aromatic N) is 3. The number of carbonyl (C=O) groups excluding carboxylic acids is 1. The molecule has 0 saturated carbocycles. The number of carbonyl (C=O) groups is 1. The van der Waals surface area contributed by atoms with Gasteiger partial charge >= 0.3 is 0 Å². The zero-order valence-corrected chi connectivity index (χ0v) is 16.8. The minimum absolute atomic E-state index is 0.204. The van der Waals surface area contributed by atoms with Gasteiger partial charge in [0.1, 0.15) is 18.2 Å². The molecule has 0 unspecified atom stereocenters. The number of hydrogen-bond donors (Lipinski definition) is 1. The van der Waals surface area contributed by atoms with Crippen molar-refractivity contribution in [2.24, 2.45) is 0 Å². The van der Waals surface area contributed by atoms with E-state index in [1.54, 1.807) is 6.08 Å². The molecule has 0 atom stereocenters. The molecule has 1 saturated heterocycles. The third kappa shape index (κ3) is 5.18.